The van der Waals surface area contributed by atoms with Crippen LogP contribution in [0, 0.1) is 0 Å². The van der Waals surface area contributed by atoms with Gasteiger partial charge in [0.15, 0.2) is 0 Å². The Hall–Kier alpha value is -2.38. The maximum absolute atomic E-state index is 12.7. The van der Waals surface area contributed by atoms with Crippen LogP contribution in [0.1, 0.15) is 57.3 Å². The van der Waals surface area contributed by atoms with Crippen LogP contribution in [0.25, 0.3) is 0 Å². The molecule has 142 valence electrons. The number of halogens is 1. The Morgan fingerprint density at radius 3 is 2.37 bits per heavy atom. The van der Waals surface area contributed by atoms with Crippen molar-refractivity contribution < 1.29 is 14.4 Å². The average molecular weight is 406 g/mol. The molecule has 0 bridgehead atoms. The van der Waals surface area contributed by atoms with Crippen LogP contribution in [-0.2, 0) is 17.6 Å². The number of thiophene rings is 1. The van der Waals surface area contributed by atoms with Crippen LogP contribution in [0.5, 0.6) is 0 Å². The third-order valence-electron chi connectivity index (χ3n) is 4.33. The van der Waals surface area contributed by atoms with Gasteiger partial charge < -0.3 is 5.32 Å². The maximum Gasteiger partial charge on any atom is 0.272 e. The third-order valence-corrected chi connectivity index (χ3v) is 5.79. The fraction of sp³-hybridized carbons (Fsp3) is 0.316. The normalized spacial score (nSPS) is 13.3. The van der Waals surface area contributed by atoms with Gasteiger partial charge in [0.2, 0.25) is 5.91 Å². The van der Waals surface area contributed by atoms with Gasteiger partial charge in [0.05, 0.1) is 5.56 Å². The first-order valence-electron chi connectivity index (χ1n) is 8.74. The van der Waals surface area contributed by atoms with E-state index in [-0.39, 0.29) is 11.8 Å². The van der Waals surface area contributed by atoms with Gasteiger partial charge in [0.1, 0.15) is 5.00 Å². The van der Waals surface area contributed by atoms with E-state index in [0.717, 1.165) is 42.5 Å². The lowest BCUT2D eigenvalue weighted by Gasteiger charge is -2.10. The fourth-order valence-electron chi connectivity index (χ4n) is 3.05. The second kappa shape index (κ2) is 8.54. The van der Waals surface area contributed by atoms with Crippen LogP contribution in [0.15, 0.2) is 24.3 Å². The van der Waals surface area contributed by atoms with Crippen molar-refractivity contribution in [3.05, 3.63) is 50.9 Å². The minimum absolute atomic E-state index is 0.309. The molecule has 1 aliphatic rings. The lowest BCUT2D eigenvalue weighted by molar-refractivity contribution is -0.119. The maximum atomic E-state index is 12.7. The molecule has 0 saturated heterocycles. The molecule has 0 aliphatic heterocycles. The first-order chi connectivity index (χ1) is 13.0. The Kier molecular flexibility index (Phi) is 6.13. The first-order valence-corrected chi connectivity index (χ1v) is 9.93. The molecule has 0 unspecified atom stereocenters. The van der Waals surface area contributed by atoms with Crippen LogP contribution in [0.2, 0.25) is 5.02 Å². The van der Waals surface area contributed by atoms with Gasteiger partial charge in [-0.3, -0.25) is 25.2 Å². The lowest BCUT2D eigenvalue weighted by Crippen LogP contribution is -2.40. The Morgan fingerprint density at radius 1 is 0.963 bits per heavy atom. The minimum atomic E-state index is -0.420. The van der Waals surface area contributed by atoms with Gasteiger partial charge in [0.25, 0.3) is 11.8 Å². The van der Waals surface area contributed by atoms with E-state index in [1.807, 2.05) is 0 Å². The third kappa shape index (κ3) is 4.67. The summed E-state index contributed by atoms with van der Waals surface area (Å²) in [5, 5.41) is 3.91. The summed E-state index contributed by atoms with van der Waals surface area (Å²) in [6.07, 6.45) is 4.84. The summed E-state index contributed by atoms with van der Waals surface area (Å²) in [7, 11) is 0. The van der Waals surface area contributed by atoms with E-state index >= 15 is 0 Å². The van der Waals surface area contributed by atoms with Crippen molar-refractivity contribution in [1.29, 1.82) is 0 Å². The summed E-state index contributed by atoms with van der Waals surface area (Å²) in [6.45, 7) is 1.32. The van der Waals surface area contributed by atoms with E-state index in [9.17, 15) is 14.4 Å². The number of carbonyl (C=O) groups is 3. The number of rotatable bonds is 3. The quantitative estimate of drug-likeness (QED) is 0.537. The topological polar surface area (TPSA) is 87.3 Å². The number of fused-ring (bicyclic) bond motifs is 1. The molecule has 0 radical (unpaired) electrons. The fourth-order valence-corrected chi connectivity index (χ4v) is 4.46. The number of aryl methyl sites for hydroxylation is 1. The summed E-state index contributed by atoms with van der Waals surface area (Å²) in [5.74, 6) is -1.09. The van der Waals surface area contributed by atoms with Crippen LogP contribution in [0.4, 0.5) is 5.00 Å². The van der Waals surface area contributed by atoms with Crippen LogP contribution in [-0.4, -0.2) is 17.7 Å². The second-order valence-corrected chi connectivity index (χ2v) is 7.91. The predicted octanol–water partition coefficient (Wildman–Crippen LogP) is 3.70. The van der Waals surface area contributed by atoms with Crippen LogP contribution in [0.3, 0.4) is 0 Å². The van der Waals surface area contributed by atoms with Gasteiger partial charge in [-0.1, -0.05) is 18.0 Å². The molecule has 1 aliphatic carbocycles. The van der Waals surface area contributed by atoms with Gasteiger partial charge in [-0.05, 0) is 55.5 Å². The second-order valence-electron chi connectivity index (χ2n) is 6.36. The molecule has 27 heavy (non-hydrogen) atoms. The van der Waals surface area contributed by atoms with Crippen molar-refractivity contribution in [3.63, 3.8) is 0 Å². The number of hydrogen-bond donors (Lipinski definition) is 3. The molecule has 8 heteroatoms. The molecule has 1 aromatic carbocycles. The zero-order chi connectivity index (χ0) is 19.4. The number of carbonyl (C=O) groups excluding carboxylic acids is 3. The number of anilines is 1. The molecule has 3 amide bonds. The van der Waals surface area contributed by atoms with Crippen molar-refractivity contribution >= 4 is 45.7 Å². The molecular formula is C19H20ClN3O3S. The van der Waals surface area contributed by atoms with Crippen molar-refractivity contribution in [2.75, 3.05) is 5.32 Å². The highest BCUT2D eigenvalue weighted by Crippen LogP contribution is 2.37. The predicted molar refractivity (Wildman–Crippen MR) is 106 cm³/mol. The summed E-state index contributed by atoms with van der Waals surface area (Å²) in [6, 6.07) is 6.55. The number of hydrogen-bond acceptors (Lipinski definition) is 4. The smallest absolute Gasteiger partial charge is 0.272 e. The zero-order valence-electron chi connectivity index (χ0n) is 14.9. The monoisotopic (exact) mass is 405 g/mol. The van der Waals surface area contributed by atoms with E-state index in [4.69, 9.17) is 11.6 Å². The molecule has 0 fully saturated rings. The van der Waals surface area contributed by atoms with Crippen molar-refractivity contribution in [2.45, 2.75) is 39.0 Å². The van der Waals surface area contributed by atoms with Crippen LogP contribution >= 0.6 is 22.9 Å². The molecule has 0 spiro atoms. The van der Waals surface area contributed by atoms with Gasteiger partial charge in [-0.15, -0.1) is 11.3 Å². The van der Waals surface area contributed by atoms with Gasteiger partial charge >= 0.3 is 0 Å². The molecule has 0 atom stereocenters. The highest BCUT2D eigenvalue weighted by molar-refractivity contribution is 7.17. The Morgan fingerprint density at radius 2 is 1.67 bits per heavy atom. The molecule has 6 nitrogen and oxygen atoms in total. The first kappa shape index (κ1) is 19.4. The van der Waals surface area contributed by atoms with Gasteiger partial charge in [0, 0.05) is 22.4 Å². The van der Waals surface area contributed by atoms with Crippen molar-refractivity contribution in [3.8, 4) is 0 Å². The molecule has 3 rings (SSSR count). The highest BCUT2D eigenvalue weighted by Gasteiger charge is 2.26. The zero-order valence-corrected chi connectivity index (χ0v) is 16.4. The summed E-state index contributed by atoms with van der Waals surface area (Å²) >= 11 is 7.30. The molecule has 0 saturated carbocycles. The minimum Gasteiger partial charge on any atom is -0.313 e. The Bertz CT molecular complexity index is 877. The standard InChI is InChI=1S/C19H20ClN3O3S/c1-11(24)22-23-18(26)16-14-5-3-2-4-6-15(14)27-19(16)21-17(25)12-7-9-13(20)10-8-12/h7-10H,2-6H2,1H3,(H,21,25)(H,22,24)(H,23,26). The van der Waals surface area contributed by atoms with Crippen molar-refractivity contribution in [2.24, 2.45) is 0 Å². The summed E-state index contributed by atoms with van der Waals surface area (Å²) in [5.41, 5.74) is 6.59. The summed E-state index contributed by atoms with van der Waals surface area (Å²) in [4.78, 5) is 37.5. The van der Waals surface area contributed by atoms with E-state index < -0.39 is 5.91 Å². The Balaban J connectivity index is 1.91. The lowest BCUT2D eigenvalue weighted by atomic mass is 10.0. The van der Waals surface area contributed by atoms with E-state index in [1.165, 1.54) is 18.3 Å². The molecule has 1 aromatic heterocycles. The number of nitrogens with one attached hydrogen (secondary N) is 3. The number of amides is 3. The Labute approximate surface area is 166 Å². The largest absolute Gasteiger partial charge is 0.313 e. The number of hydrazine groups is 1. The molecule has 3 N–H and O–H groups in total. The van der Waals surface area contributed by atoms with E-state index in [2.05, 4.69) is 16.2 Å². The highest BCUT2D eigenvalue weighted by atomic mass is 35.5. The van der Waals surface area contributed by atoms with Crippen molar-refractivity contribution in [1.82, 2.24) is 10.9 Å². The molecule has 1 heterocycles. The summed E-state index contributed by atoms with van der Waals surface area (Å²) < 4.78 is 0. The van der Waals surface area contributed by atoms with E-state index in [1.54, 1.807) is 24.3 Å². The SMILES string of the molecule is CC(=O)NNC(=O)c1c(NC(=O)c2ccc(Cl)cc2)sc2c1CCCCC2. The van der Waals surface area contributed by atoms with E-state index in [0.29, 0.717) is 21.2 Å². The molecular weight excluding hydrogens is 386 g/mol. The van der Waals surface area contributed by atoms with Gasteiger partial charge in [-0.2, -0.15) is 0 Å². The van der Waals surface area contributed by atoms with Crippen LogP contribution < -0.4 is 16.2 Å². The van der Waals surface area contributed by atoms with Gasteiger partial charge in [-0.25, -0.2) is 0 Å². The average Bonchev–Trinajstić information content (AvgIpc) is 2.81. The molecule has 2 aromatic rings. The number of benzene rings is 1.